The van der Waals surface area contributed by atoms with Crippen LogP contribution in [0.3, 0.4) is 0 Å². The van der Waals surface area contributed by atoms with E-state index in [4.69, 9.17) is 9.84 Å². The number of ether oxygens (including phenoxy) is 1. The van der Waals surface area contributed by atoms with Gasteiger partial charge in [0, 0.05) is 16.7 Å². The molecule has 0 saturated carbocycles. The summed E-state index contributed by atoms with van der Waals surface area (Å²) in [6, 6.07) is 20.6. The Labute approximate surface area is 195 Å². The summed E-state index contributed by atoms with van der Waals surface area (Å²) in [5, 5.41) is 5.07. The number of hydrogen-bond acceptors (Lipinski definition) is 3. The SMILES string of the molecule is COC(=O)c1cccc(Cn2nc(-c3ccc(C)c(C)c3)c(C)c2-c2ccc(C)c(C)c2)c1. The van der Waals surface area contributed by atoms with Crippen LogP contribution in [0.2, 0.25) is 0 Å². The zero-order valence-electron chi connectivity index (χ0n) is 20.2. The highest BCUT2D eigenvalue weighted by Gasteiger charge is 2.19. The molecule has 0 saturated heterocycles. The second-order valence-corrected chi connectivity index (χ2v) is 8.77. The van der Waals surface area contributed by atoms with Crippen LogP contribution in [-0.4, -0.2) is 22.9 Å². The molecule has 168 valence electrons. The van der Waals surface area contributed by atoms with E-state index >= 15 is 0 Å². The highest BCUT2D eigenvalue weighted by Crippen LogP contribution is 2.34. The molecule has 0 fully saturated rings. The van der Waals surface area contributed by atoms with E-state index in [0.717, 1.165) is 33.6 Å². The summed E-state index contributed by atoms with van der Waals surface area (Å²) in [5.41, 5.74) is 12.0. The number of rotatable bonds is 5. The Morgan fingerprint density at radius 2 is 1.45 bits per heavy atom. The highest BCUT2D eigenvalue weighted by molar-refractivity contribution is 5.89. The third-order valence-corrected chi connectivity index (χ3v) is 6.43. The van der Waals surface area contributed by atoms with E-state index in [-0.39, 0.29) is 5.97 Å². The summed E-state index contributed by atoms with van der Waals surface area (Å²) in [5.74, 6) is -0.335. The molecule has 0 radical (unpaired) electrons. The maximum atomic E-state index is 12.0. The molecule has 33 heavy (non-hydrogen) atoms. The standard InChI is InChI=1S/C29H30N2O2/c1-18-10-12-24(14-20(18)3)27-22(5)28(25-13-11-19(2)21(4)15-25)31(30-27)17-23-8-7-9-26(16-23)29(32)33-6/h7-16H,17H2,1-6H3. The highest BCUT2D eigenvalue weighted by atomic mass is 16.5. The van der Waals surface area contributed by atoms with Gasteiger partial charge < -0.3 is 4.74 Å². The van der Waals surface area contributed by atoms with Crippen molar-refractivity contribution in [2.75, 3.05) is 7.11 Å². The Bertz CT molecular complexity index is 1350. The van der Waals surface area contributed by atoms with Gasteiger partial charge in [0.15, 0.2) is 0 Å². The summed E-state index contributed by atoms with van der Waals surface area (Å²) in [6.07, 6.45) is 0. The van der Waals surface area contributed by atoms with E-state index in [1.807, 2.05) is 18.2 Å². The fourth-order valence-electron chi connectivity index (χ4n) is 4.17. The molecule has 0 amide bonds. The molecule has 1 aromatic heterocycles. The van der Waals surface area contributed by atoms with E-state index < -0.39 is 0 Å². The van der Waals surface area contributed by atoms with Crippen molar-refractivity contribution in [3.63, 3.8) is 0 Å². The molecule has 0 aliphatic carbocycles. The zero-order chi connectivity index (χ0) is 23.7. The average molecular weight is 439 g/mol. The van der Waals surface area contributed by atoms with Gasteiger partial charge in [-0.15, -0.1) is 0 Å². The van der Waals surface area contributed by atoms with Crippen molar-refractivity contribution in [1.82, 2.24) is 9.78 Å². The molecule has 3 aromatic carbocycles. The van der Waals surface area contributed by atoms with E-state index in [9.17, 15) is 4.79 Å². The second kappa shape index (κ2) is 9.07. The number of nitrogens with zero attached hydrogens (tertiary/aromatic N) is 2. The number of aromatic nitrogens is 2. The van der Waals surface area contributed by atoms with Gasteiger partial charge in [0.2, 0.25) is 0 Å². The zero-order valence-corrected chi connectivity index (χ0v) is 20.2. The number of carbonyl (C=O) groups excluding carboxylic acids is 1. The molecule has 4 rings (SSSR count). The van der Waals surface area contributed by atoms with Gasteiger partial charge in [-0.25, -0.2) is 4.79 Å². The molecule has 0 unspecified atom stereocenters. The Kier molecular flexibility index (Phi) is 6.19. The van der Waals surface area contributed by atoms with E-state index in [1.165, 1.54) is 29.4 Å². The molecular weight excluding hydrogens is 408 g/mol. The van der Waals surface area contributed by atoms with Gasteiger partial charge in [0.05, 0.1) is 30.6 Å². The van der Waals surface area contributed by atoms with E-state index in [1.54, 1.807) is 6.07 Å². The minimum atomic E-state index is -0.335. The number of benzene rings is 3. The first-order chi connectivity index (χ1) is 15.8. The van der Waals surface area contributed by atoms with E-state index in [0.29, 0.717) is 12.1 Å². The summed E-state index contributed by atoms with van der Waals surface area (Å²) >= 11 is 0. The molecule has 0 bridgehead atoms. The number of carbonyl (C=O) groups is 1. The fourth-order valence-corrected chi connectivity index (χ4v) is 4.17. The summed E-state index contributed by atoms with van der Waals surface area (Å²) < 4.78 is 6.96. The van der Waals surface area contributed by atoms with Crippen LogP contribution in [-0.2, 0) is 11.3 Å². The van der Waals surface area contributed by atoms with Crippen LogP contribution in [0.5, 0.6) is 0 Å². The van der Waals surface area contributed by atoms with Gasteiger partial charge >= 0.3 is 5.97 Å². The third kappa shape index (κ3) is 4.47. The molecule has 0 aliphatic heterocycles. The van der Waals surface area contributed by atoms with Crippen LogP contribution in [0.1, 0.15) is 43.7 Å². The lowest BCUT2D eigenvalue weighted by Crippen LogP contribution is -2.07. The smallest absolute Gasteiger partial charge is 0.337 e. The van der Waals surface area contributed by atoms with Crippen LogP contribution >= 0.6 is 0 Å². The normalized spacial score (nSPS) is 11.0. The van der Waals surface area contributed by atoms with Crippen LogP contribution in [0.15, 0.2) is 60.7 Å². The molecule has 0 N–H and O–H groups in total. The molecular formula is C29H30N2O2. The lowest BCUT2D eigenvalue weighted by Gasteiger charge is -2.11. The van der Waals surface area contributed by atoms with E-state index in [2.05, 4.69) is 75.7 Å². The number of aryl methyl sites for hydroxylation is 4. The van der Waals surface area contributed by atoms with Crippen molar-refractivity contribution < 1.29 is 9.53 Å². The van der Waals surface area contributed by atoms with Gasteiger partial charge in [0.25, 0.3) is 0 Å². The Morgan fingerprint density at radius 3 is 2.09 bits per heavy atom. The van der Waals surface area contributed by atoms with Crippen molar-refractivity contribution in [3.05, 3.63) is 99.6 Å². The first-order valence-electron chi connectivity index (χ1n) is 11.2. The first kappa shape index (κ1) is 22.5. The molecule has 0 aliphatic rings. The van der Waals surface area contributed by atoms with Crippen LogP contribution < -0.4 is 0 Å². The van der Waals surface area contributed by atoms with Crippen molar-refractivity contribution in [2.45, 2.75) is 41.2 Å². The monoisotopic (exact) mass is 438 g/mol. The number of hydrogen-bond donors (Lipinski definition) is 0. The lowest BCUT2D eigenvalue weighted by atomic mass is 9.98. The molecule has 4 nitrogen and oxygen atoms in total. The predicted octanol–water partition coefficient (Wildman–Crippen LogP) is 6.59. The van der Waals surface area contributed by atoms with Crippen LogP contribution in [0.4, 0.5) is 0 Å². The summed E-state index contributed by atoms with van der Waals surface area (Å²) in [7, 11) is 1.40. The maximum absolute atomic E-state index is 12.0. The number of methoxy groups -OCH3 is 1. The summed E-state index contributed by atoms with van der Waals surface area (Å²) in [6.45, 7) is 11.2. The fraction of sp³-hybridized carbons (Fsp3) is 0.241. The largest absolute Gasteiger partial charge is 0.465 e. The predicted molar refractivity (Wildman–Crippen MR) is 134 cm³/mol. The molecule has 1 heterocycles. The Hall–Kier alpha value is -3.66. The minimum Gasteiger partial charge on any atom is -0.465 e. The molecule has 0 spiro atoms. The van der Waals surface area contributed by atoms with Crippen molar-refractivity contribution >= 4 is 5.97 Å². The van der Waals surface area contributed by atoms with Gasteiger partial charge in [-0.1, -0.05) is 36.4 Å². The Balaban J connectivity index is 1.86. The average Bonchev–Trinajstić information content (AvgIpc) is 3.12. The van der Waals surface area contributed by atoms with Gasteiger partial charge in [-0.2, -0.15) is 5.10 Å². The quantitative estimate of drug-likeness (QED) is 0.330. The lowest BCUT2D eigenvalue weighted by molar-refractivity contribution is 0.0600. The molecule has 4 aromatic rings. The van der Waals surface area contributed by atoms with Gasteiger partial charge in [-0.3, -0.25) is 4.68 Å². The molecule has 0 atom stereocenters. The number of esters is 1. The second-order valence-electron chi connectivity index (χ2n) is 8.77. The Morgan fingerprint density at radius 1 is 0.818 bits per heavy atom. The van der Waals surface area contributed by atoms with Gasteiger partial charge in [0.1, 0.15) is 0 Å². The van der Waals surface area contributed by atoms with Crippen LogP contribution in [0, 0.1) is 34.6 Å². The first-order valence-corrected chi connectivity index (χ1v) is 11.2. The van der Waals surface area contributed by atoms with Gasteiger partial charge in [-0.05, 0) is 86.7 Å². The third-order valence-electron chi connectivity index (χ3n) is 6.43. The van der Waals surface area contributed by atoms with Crippen molar-refractivity contribution in [2.24, 2.45) is 0 Å². The topological polar surface area (TPSA) is 44.1 Å². The summed E-state index contributed by atoms with van der Waals surface area (Å²) in [4.78, 5) is 12.0. The minimum absolute atomic E-state index is 0.335. The van der Waals surface area contributed by atoms with Crippen LogP contribution in [0.25, 0.3) is 22.5 Å². The molecule has 4 heteroatoms. The maximum Gasteiger partial charge on any atom is 0.337 e. The van der Waals surface area contributed by atoms with Crippen molar-refractivity contribution in [1.29, 1.82) is 0 Å². The van der Waals surface area contributed by atoms with Crippen molar-refractivity contribution in [3.8, 4) is 22.5 Å².